The van der Waals surface area contributed by atoms with E-state index in [0.717, 1.165) is 19.0 Å². The Bertz CT molecular complexity index is 636. The standard InChI is InChI=1S/C14H20FN3O3S/c1-2-3-7-18(11-5-8-22(20,21)10-11)14(19)17-13-4-6-16-9-12(13)15/h4,6,9,11H,2-3,5,7-8,10H2,1H3,(H,16,17,19)/t11-/m1/s1. The molecule has 1 aromatic rings. The number of hydrogen-bond donors (Lipinski definition) is 1. The Morgan fingerprint density at radius 1 is 1.55 bits per heavy atom. The van der Waals surface area contributed by atoms with Gasteiger partial charge in [0.15, 0.2) is 15.7 Å². The van der Waals surface area contributed by atoms with Gasteiger partial charge in [-0.25, -0.2) is 17.6 Å². The molecule has 2 amide bonds. The minimum atomic E-state index is -3.09. The molecule has 0 bridgehead atoms. The van der Waals surface area contributed by atoms with E-state index in [0.29, 0.717) is 13.0 Å². The maximum atomic E-state index is 13.6. The van der Waals surface area contributed by atoms with Crippen molar-refractivity contribution in [1.29, 1.82) is 0 Å². The maximum Gasteiger partial charge on any atom is 0.322 e. The third-order valence-electron chi connectivity index (χ3n) is 3.68. The molecule has 122 valence electrons. The van der Waals surface area contributed by atoms with E-state index in [9.17, 15) is 17.6 Å². The molecule has 8 heteroatoms. The van der Waals surface area contributed by atoms with Gasteiger partial charge in [0.1, 0.15) is 0 Å². The van der Waals surface area contributed by atoms with E-state index in [2.05, 4.69) is 10.3 Å². The van der Waals surface area contributed by atoms with Crippen LogP contribution in [0.3, 0.4) is 0 Å². The minimum absolute atomic E-state index is 0.0248. The Labute approximate surface area is 129 Å². The van der Waals surface area contributed by atoms with Crippen LogP contribution < -0.4 is 5.32 Å². The van der Waals surface area contributed by atoms with Crippen LogP contribution in [0.2, 0.25) is 0 Å². The van der Waals surface area contributed by atoms with Crippen LogP contribution in [0.15, 0.2) is 18.5 Å². The van der Waals surface area contributed by atoms with E-state index in [1.165, 1.54) is 17.2 Å². The number of halogens is 1. The van der Waals surface area contributed by atoms with Crippen molar-refractivity contribution in [2.24, 2.45) is 0 Å². The summed E-state index contributed by atoms with van der Waals surface area (Å²) in [4.78, 5) is 17.5. The summed E-state index contributed by atoms with van der Waals surface area (Å²) in [7, 11) is -3.09. The van der Waals surface area contributed by atoms with Crippen molar-refractivity contribution < 1.29 is 17.6 Å². The number of pyridine rings is 1. The highest BCUT2D eigenvalue weighted by Gasteiger charge is 2.34. The zero-order valence-electron chi connectivity index (χ0n) is 12.5. The van der Waals surface area contributed by atoms with Gasteiger partial charge in [0.2, 0.25) is 0 Å². The van der Waals surface area contributed by atoms with Crippen LogP contribution in [0.1, 0.15) is 26.2 Å². The van der Waals surface area contributed by atoms with Crippen molar-refractivity contribution >= 4 is 21.6 Å². The second kappa shape index (κ2) is 7.04. The molecular formula is C14H20FN3O3S. The van der Waals surface area contributed by atoms with Gasteiger partial charge in [0.05, 0.1) is 23.4 Å². The van der Waals surface area contributed by atoms with Gasteiger partial charge in [0, 0.05) is 18.8 Å². The summed E-state index contributed by atoms with van der Waals surface area (Å²) in [5, 5.41) is 2.50. The molecule has 1 fully saturated rings. The smallest absolute Gasteiger partial charge is 0.320 e. The van der Waals surface area contributed by atoms with Gasteiger partial charge >= 0.3 is 6.03 Å². The quantitative estimate of drug-likeness (QED) is 0.896. The van der Waals surface area contributed by atoms with Gasteiger partial charge < -0.3 is 10.2 Å². The molecule has 0 unspecified atom stereocenters. The van der Waals surface area contributed by atoms with Crippen molar-refractivity contribution in [1.82, 2.24) is 9.88 Å². The van der Waals surface area contributed by atoms with Crippen LogP contribution in [0.4, 0.5) is 14.9 Å². The number of anilines is 1. The lowest BCUT2D eigenvalue weighted by Gasteiger charge is -2.28. The van der Waals surface area contributed by atoms with Crippen LogP contribution in [0.5, 0.6) is 0 Å². The first-order valence-corrected chi connectivity index (χ1v) is 9.12. The van der Waals surface area contributed by atoms with Crippen LogP contribution in [-0.4, -0.2) is 48.4 Å². The van der Waals surface area contributed by atoms with Crippen molar-refractivity contribution in [2.75, 3.05) is 23.4 Å². The fourth-order valence-electron chi connectivity index (χ4n) is 2.46. The zero-order valence-corrected chi connectivity index (χ0v) is 13.3. The van der Waals surface area contributed by atoms with Gasteiger partial charge in [-0.1, -0.05) is 13.3 Å². The molecule has 1 aliphatic rings. The number of nitrogens with one attached hydrogen (secondary N) is 1. The molecule has 6 nitrogen and oxygen atoms in total. The third kappa shape index (κ3) is 4.16. The highest BCUT2D eigenvalue weighted by atomic mass is 32.2. The summed E-state index contributed by atoms with van der Waals surface area (Å²) in [6, 6.07) is 0.554. The molecule has 1 saturated heterocycles. The van der Waals surface area contributed by atoms with Gasteiger partial charge in [0.25, 0.3) is 0 Å². The Morgan fingerprint density at radius 3 is 2.91 bits per heavy atom. The maximum absolute atomic E-state index is 13.6. The lowest BCUT2D eigenvalue weighted by Crippen LogP contribution is -2.44. The molecule has 0 aliphatic carbocycles. The average Bonchev–Trinajstić information content (AvgIpc) is 2.82. The zero-order chi connectivity index (χ0) is 16.2. The Kier molecular flexibility index (Phi) is 5.33. The Hall–Kier alpha value is -1.70. The SMILES string of the molecule is CCCCN(C(=O)Nc1ccncc1F)[C@@H]1CCS(=O)(=O)C1. The van der Waals surface area contributed by atoms with Gasteiger partial charge in [-0.2, -0.15) is 0 Å². The fourth-order valence-corrected chi connectivity index (χ4v) is 4.19. The number of carbonyl (C=O) groups excluding carboxylic acids is 1. The molecule has 1 N–H and O–H groups in total. The van der Waals surface area contributed by atoms with Crippen molar-refractivity contribution in [2.45, 2.75) is 32.2 Å². The van der Waals surface area contributed by atoms with Crippen LogP contribution >= 0.6 is 0 Å². The predicted molar refractivity (Wildman–Crippen MR) is 81.9 cm³/mol. The molecule has 2 heterocycles. The first-order chi connectivity index (χ1) is 10.4. The number of nitrogens with zero attached hydrogens (tertiary/aromatic N) is 2. The molecule has 1 aliphatic heterocycles. The third-order valence-corrected chi connectivity index (χ3v) is 5.43. The summed E-state index contributed by atoms with van der Waals surface area (Å²) in [5.74, 6) is -0.550. The first-order valence-electron chi connectivity index (χ1n) is 7.30. The monoisotopic (exact) mass is 329 g/mol. The van der Waals surface area contributed by atoms with E-state index >= 15 is 0 Å². The number of hydrogen-bond acceptors (Lipinski definition) is 4. The van der Waals surface area contributed by atoms with Crippen LogP contribution in [0.25, 0.3) is 0 Å². The number of sulfone groups is 1. The van der Waals surface area contributed by atoms with Gasteiger partial charge in [-0.05, 0) is 18.9 Å². The first kappa shape index (κ1) is 16.7. The second-order valence-corrected chi connectivity index (χ2v) is 7.62. The molecule has 2 rings (SSSR count). The number of unbranched alkanes of at least 4 members (excludes halogenated alkanes) is 1. The van der Waals surface area contributed by atoms with E-state index < -0.39 is 21.7 Å². The summed E-state index contributed by atoms with van der Waals surface area (Å²) in [6.45, 7) is 2.44. The number of carbonyl (C=O) groups is 1. The lowest BCUT2D eigenvalue weighted by molar-refractivity contribution is 0.192. The molecule has 0 saturated carbocycles. The molecule has 0 aromatic carbocycles. The van der Waals surface area contributed by atoms with E-state index in [-0.39, 0.29) is 23.2 Å². The van der Waals surface area contributed by atoms with E-state index in [4.69, 9.17) is 0 Å². The number of amides is 2. The van der Waals surface area contributed by atoms with Gasteiger partial charge in [-0.15, -0.1) is 0 Å². The molecular weight excluding hydrogens is 309 g/mol. The molecule has 1 atom stereocenters. The highest BCUT2D eigenvalue weighted by Crippen LogP contribution is 2.20. The average molecular weight is 329 g/mol. The summed E-state index contributed by atoms with van der Waals surface area (Å²) in [6.07, 6.45) is 4.48. The Morgan fingerprint density at radius 2 is 2.32 bits per heavy atom. The number of aromatic nitrogens is 1. The molecule has 0 radical (unpaired) electrons. The number of urea groups is 1. The highest BCUT2D eigenvalue weighted by molar-refractivity contribution is 7.91. The number of rotatable bonds is 5. The predicted octanol–water partition coefficient (Wildman–Crippen LogP) is 2.04. The van der Waals surface area contributed by atoms with Crippen molar-refractivity contribution in [3.8, 4) is 0 Å². The molecule has 22 heavy (non-hydrogen) atoms. The minimum Gasteiger partial charge on any atom is -0.320 e. The second-order valence-electron chi connectivity index (χ2n) is 5.39. The normalized spacial score (nSPS) is 19.8. The molecule has 0 spiro atoms. The lowest BCUT2D eigenvalue weighted by atomic mass is 10.2. The van der Waals surface area contributed by atoms with Crippen molar-refractivity contribution in [3.05, 3.63) is 24.3 Å². The van der Waals surface area contributed by atoms with E-state index in [1.54, 1.807) is 0 Å². The summed E-state index contributed by atoms with van der Waals surface area (Å²) < 4.78 is 36.8. The van der Waals surface area contributed by atoms with Crippen LogP contribution in [0, 0.1) is 5.82 Å². The fraction of sp³-hybridized carbons (Fsp3) is 0.571. The summed E-state index contributed by atoms with van der Waals surface area (Å²) in [5.41, 5.74) is 0.0438. The van der Waals surface area contributed by atoms with Crippen LogP contribution in [-0.2, 0) is 9.84 Å². The largest absolute Gasteiger partial charge is 0.322 e. The van der Waals surface area contributed by atoms with Gasteiger partial charge in [-0.3, -0.25) is 4.98 Å². The summed E-state index contributed by atoms with van der Waals surface area (Å²) >= 11 is 0. The molecule has 1 aromatic heterocycles. The Balaban J connectivity index is 2.11. The van der Waals surface area contributed by atoms with Crippen molar-refractivity contribution in [3.63, 3.8) is 0 Å². The van der Waals surface area contributed by atoms with E-state index in [1.807, 2.05) is 6.92 Å². The topological polar surface area (TPSA) is 79.4 Å².